The zero-order valence-electron chi connectivity index (χ0n) is 48.5. The van der Waals surface area contributed by atoms with Gasteiger partial charge in [-0.15, -0.1) is 27.7 Å². The van der Waals surface area contributed by atoms with Gasteiger partial charge in [0.2, 0.25) is 0 Å². The van der Waals surface area contributed by atoms with Gasteiger partial charge in [-0.1, -0.05) is 236 Å². The summed E-state index contributed by atoms with van der Waals surface area (Å²) in [4.78, 5) is 0. The molecule has 3 nitrogen and oxygen atoms in total. The van der Waals surface area contributed by atoms with E-state index >= 15 is 0 Å². The molecule has 0 saturated heterocycles. The maximum atomic E-state index is 7.17. The van der Waals surface area contributed by atoms with Gasteiger partial charge in [-0.2, -0.15) is 0 Å². The van der Waals surface area contributed by atoms with Crippen molar-refractivity contribution in [2.75, 3.05) is 0 Å². The van der Waals surface area contributed by atoms with E-state index in [0.29, 0.717) is 0 Å². The van der Waals surface area contributed by atoms with Gasteiger partial charge in [0.15, 0.2) is 0 Å². The SMILES string of the molecule is CCc1cc(P)cc(CC)c1.CCc1cc(P)cc(CC)c1.CCc1cc(P)cc(CC)c1.Cc1cc(C)cc(C)c1.Cc1cc(C)cc(C)c1.Cc1cc(C)cc(C)c1.Cc1cc(C)cc(C)c1.OB(O)O. The lowest BCUT2D eigenvalue weighted by molar-refractivity contribution is 0.278. The molecule has 0 amide bonds. The standard InChI is InChI=1S/3C10H15P.4C9H12.BH3O3/c3*1-3-8-5-9(4-2)7-10(11)6-8;4*1-7-4-8(2)6-9(3)5-7;2-1(3)4/h3*5-7H,3-4,11H2,1-2H3;4*4-6H,1-3H3;2-4H. The van der Waals surface area contributed by atoms with E-state index in [9.17, 15) is 0 Å². The number of rotatable bonds is 6. The van der Waals surface area contributed by atoms with Crippen LogP contribution >= 0.6 is 27.7 Å². The average molecular weight is 1040 g/mol. The zero-order valence-corrected chi connectivity index (χ0v) is 52.0. The molecule has 3 unspecified atom stereocenters. The molecule has 0 aliphatic heterocycles. The van der Waals surface area contributed by atoms with E-state index in [2.05, 4.69) is 280 Å². The van der Waals surface area contributed by atoms with Crippen LogP contribution in [0.1, 0.15) is 142 Å². The second-order valence-corrected chi connectivity index (χ2v) is 21.4. The lowest BCUT2D eigenvalue weighted by Gasteiger charge is -2.02. The Morgan fingerprint density at radius 2 is 0.329 bits per heavy atom. The van der Waals surface area contributed by atoms with Crippen LogP contribution in [0.5, 0.6) is 0 Å². The Morgan fingerprint density at radius 1 is 0.233 bits per heavy atom. The molecule has 0 spiro atoms. The molecule has 0 radical (unpaired) electrons. The van der Waals surface area contributed by atoms with E-state index < -0.39 is 7.32 Å². The molecule has 7 heteroatoms. The Hall–Kier alpha value is -4.23. The van der Waals surface area contributed by atoms with Crippen LogP contribution in [0.25, 0.3) is 0 Å². The van der Waals surface area contributed by atoms with E-state index in [1.807, 2.05) is 0 Å². The highest BCUT2D eigenvalue weighted by Crippen LogP contribution is 2.11. The highest BCUT2D eigenvalue weighted by atomic mass is 31.0. The first kappa shape index (κ1) is 68.8. The van der Waals surface area contributed by atoms with Gasteiger partial charge in [0, 0.05) is 0 Å². The molecule has 7 aromatic rings. The van der Waals surface area contributed by atoms with Crippen molar-refractivity contribution in [3.8, 4) is 0 Å². The maximum absolute atomic E-state index is 7.17. The molecule has 7 rings (SSSR count). The molecule has 0 saturated carbocycles. The van der Waals surface area contributed by atoms with Crippen molar-refractivity contribution in [2.45, 2.75) is 163 Å². The number of hydrogen-bond donors (Lipinski definition) is 3. The van der Waals surface area contributed by atoms with Crippen molar-refractivity contribution >= 4 is 51.0 Å². The zero-order chi connectivity index (χ0) is 55.8. The molecule has 0 aromatic heterocycles. The quantitative estimate of drug-likeness (QED) is 0.115. The van der Waals surface area contributed by atoms with Crippen molar-refractivity contribution in [1.82, 2.24) is 0 Å². The van der Waals surface area contributed by atoms with Crippen LogP contribution in [0.2, 0.25) is 0 Å². The fourth-order valence-electron chi connectivity index (χ4n) is 8.41. The van der Waals surface area contributed by atoms with E-state index in [4.69, 9.17) is 15.1 Å². The lowest BCUT2D eigenvalue weighted by Crippen LogP contribution is -2.07. The van der Waals surface area contributed by atoms with Gasteiger partial charge in [-0.05, 0) is 171 Å². The summed E-state index contributed by atoms with van der Waals surface area (Å²) < 4.78 is 0. The van der Waals surface area contributed by atoms with Crippen molar-refractivity contribution in [1.29, 1.82) is 0 Å². The Morgan fingerprint density at radius 3 is 0.411 bits per heavy atom. The molecular weight excluding hydrogens is 944 g/mol. The van der Waals surface area contributed by atoms with Gasteiger partial charge in [0.1, 0.15) is 0 Å². The fourth-order valence-corrected chi connectivity index (χ4v) is 9.69. The van der Waals surface area contributed by atoms with Crippen LogP contribution in [-0.2, 0) is 38.5 Å². The van der Waals surface area contributed by atoms with Gasteiger partial charge >= 0.3 is 7.32 Å². The van der Waals surface area contributed by atoms with Crippen molar-refractivity contribution < 1.29 is 15.1 Å². The van der Waals surface area contributed by atoms with Crippen molar-refractivity contribution in [2.24, 2.45) is 0 Å². The van der Waals surface area contributed by atoms with Crippen LogP contribution in [0, 0.1) is 83.1 Å². The van der Waals surface area contributed by atoms with Gasteiger partial charge in [0.25, 0.3) is 0 Å². The van der Waals surface area contributed by atoms with Crippen molar-refractivity contribution in [3.05, 3.63) is 228 Å². The summed E-state index contributed by atoms with van der Waals surface area (Å²) >= 11 is 0. The minimum atomic E-state index is -2.17. The molecular formula is C66H96BO3P3. The second-order valence-electron chi connectivity index (χ2n) is 19.4. The van der Waals surface area contributed by atoms with Gasteiger partial charge < -0.3 is 15.1 Å². The topological polar surface area (TPSA) is 60.7 Å². The van der Waals surface area contributed by atoms with E-state index in [0.717, 1.165) is 38.5 Å². The second kappa shape index (κ2) is 38.3. The van der Waals surface area contributed by atoms with Gasteiger partial charge in [-0.3, -0.25) is 0 Å². The first-order valence-corrected chi connectivity index (χ1v) is 27.9. The summed E-state index contributed by atoms with van der Waals surface area (Å²) in [6.45, 7) is 38.7. The third kappa shape index (κ3) is 34.8. The molecule has 3 N–H and O–H groups in total. The third-order valence-electron chi connectivity index (χ3n) is 11.1. The Kier molecular flexibility index (Phi) is 36.1. The summed E-state index contributed by atoms with van der Waals surface area (Å²) in [6.07, 6.45) is 6.81. The summed E-state index contributed by atoms with van der Waals surface area (Å²) in [5.41, 5.74) is 24.9. The summed E-state index contributed by atoms with van der Waals surface area (Å²) in [7, 11) is 6.10. The average Bonchev–Trinajstić information content (AvgIpc) is 3.27. The highest BCUT2D eigenvalue weighted by Gasteiger charge is 1.97. The Labute approximate surface area is 454 Å². The largest absolute Gasteiger partial charge is 0.631 e. The predicted molar refractivity (Wildman–Crippen MR) is 339 cm³/mol. The minimum absolute atomic E-state index is 1.13. The lowest BCUT2D eigenvalue weighted by atomic mass is 10.1. The number of benzene rings is 7. The smallest absolute Gasteiger partial charge is 0.402 e. The molecule has 396 valence electrons. The minimum Gasteiger partial charge on any atom is -0.402 e. The Bertz CT molecular complexity index is 2060. The highest BCUT2D eigenvalue weighted by molar-refractivity contribution is 7.27. The van der Waals surface area contributed by atoms with Crippen LogP contribution in [-0.4, -0.2) is 22.4 Å². The first-order valence-electron chi connectivity index (χ1n) is 26.1. The van der Waals surface area contributed by atoms with Gasteiger partial charge in [0.05, 0.1) is 0 Å². The third-order valence-corrected chi connectivity index (χ3v) is 12.1. The molecule has 7 aromatic carbocycles. The molecule has 73 heavy (non-hydrogen) atoms. The first-order chi connectivity index (χ1) is 34.2. The van der Waals surface area contributed by atoms with Crippen LogP contribution in [0.3, 0.4) is 0 Å². The van der Waals surface area contributed by atoms with Crippen LogP contribution < -0.4 is 15.9 Å². The molecule has 3 atom stereocenters. The summed E-state index contributed by atoms with van der Waals surface area (Å²) in [5.74, 6) is 0. The van der Waals surface area contributed by atoms with Gasteiger partial charge in [-0.25, -0.2) is 0 Å². The molecule has 0 bridgehead atoms. The monoisotopic (exact) mass is 1040 g/mol. The molecule has 0 heterocycles. The Balaban J connectivity index is 0.000000820. The fraction of sp³-hybridized carbons (Fsp3) is 0.364. The maximum Gasteiger partial charge on any atom is 0.631 e. The molecule has 0 aliphatic rings. The summed E-state index contributed by atoms with van der Waals surface area (Å²) in [5, 5.41) is 25.4. The van der Waals surface area contributed by atoms with E-state index in [-0.39, 0.29) is 0 Å². The van der Waals surface area contributed by atoms with Crippen LogP contribution in [0.4, 0.5) is 0 Å². The molecule has 0 fully saturated rings. The summed E-state index contributed by atoms with van der Waals surface area (Å²) in [6, 6.07) is 46.5. The predicted octanol–water partition coefficient (Wildman–Crippen LogP) is 15.3. The van der Waals surface area contributed by atoms with Crippen molar-refractivity contribution in [3.63, 3.8) is 0 Å². The number of aryl methyl sites for hydroxylation is 18. The van der Waals surface area contributed by atoms with E-state index in [1.165, 1.54) is 116 Å². The molecule has 0 aliphatic carbocycles. The van der Waals surface area contributed by atoms with Crippen LogP contribution in [0.15, 0.2) is 127 Å². The number of hydrogen-bond acceptors (Lipinski definition) is 3. The normalized spacial score (nSPS) is 9.70. The van der Waals surface area contributed by atoms with E-state index in [1.54, 1.807) is 0 Å².